The summed E-state index contributed by atoms with van der Waals surface area (Å²) in [5.74, 6) is -2.85. The van der Waals surface area contributed by atoms with E-state index in [9.17, 15) is 35.1 Å². The van der Waals surface area contributed by atoms with Gasteiger partial charge in [-0.3, -0.25) is 10.2 Å². The minimum atomic E-state index is -4.66. The average Bonchev–Trinajstić information content (AvgIpc) is 3.72. The Kier molecular flexibility index (Phi) is 16.4. The zero-order valence-corrected chi connectivity index (χ0v) is 24.8. The van der Waals surface area contributed by atoms with E-state index >= 15 is 0 Å². The SMILES string of the molecule is CC(C)(N=NC(C)(C)C1=CCCN1)C1=CCCN1.Fc1n[nH]c(C(F)(F)F)n1.Fc1n[nH]c(C(F)(F)F)n1.O=S=O.O=S=O. The van der Waals surface area contributed by atoms with Gasteiger partial charge in [-0.05, 0) is 40.5 Å². The lowest BCUT2D eigenvalue weighted by Gasteiger charge is -2.25. The fraction of sp³-hybridized carbons (Fsp3) is 0.600. The van der Waals surface area contributed by atoms with Crippen molar-refractivity contribution in [3.8, 4) is 0 Å². The molecule has 0 aliphatic carbocycles. The molecule has 2 aromatic heterocycles. The zero-order valence-electron chi connectivity index (χ0n) is 23.1. The first-order chi connectivity index (χ1) is 20.2. The monoisotopic (exact) mass is 686 g/mol. The van der Waals surface area contributed by atoms with Crippen molar-refractivity contribution in [2.75, 3.05) is 13.1 Å². The number of aromatic nitrogens is 6. The van der Waals surface area contributed by atoms with Crippen molar-refractivity contribution in [3.63, 3.8) is 0 Å². The Balaban J connectivity index is 0.000000609. The van der Waals surface area contributed by atoms with E-state index in [-0.39, 0.29) is 11.1 Å². The Labute approximate surface area is 250 Å². The van der Waals surface area contributed by atoms with Gasteiger partial charge in [0.1, 0.15) is 11.1 Å². The summed E-state index contributed by atoms with van der Waals surface area (Å²) in [6.07, 6.45) is -5.51. The first-order valence-electron chi connectivity index (χ1n) is 11.7. The quantitative estimate of drug-likeness (QED) is 0.273. The van der Waals surface area contributed by atoms with E-state index in [4.69, 9.17) is 16.8 Å². The van der Waals surface area contributed by atoms with E-state index in [1.165, 1.54) is 21.6 Å². The summed E-state index contributed by atoms with van der Waals surface area (Å²) in [5.41, 5.74) is 1.87. The molecule has 4 N–H and O–H groups in total. The van der Waals surface area contributed by atoms with Gasteiger partial charge in [-0.15, -0.1) is 10.2 Å². The third-order valence-electron chi connectivity index (χ3n) is 4.94. The van der Waals surface area contributed by atoms with Crippen LogP contribution in [0.1, 0.15) is 52.2 Å². The molecule has 14 nitrogen and oxygen atoms in total. The maximum Gasteiger partial charge on any atom is 0.451 e. The van der Waals surface area contributed by atoms with Gasteiger partial charge >= 0.3 is 47.7 Å². The minimum Gasteiger partial charge on any atom is -0.386 e. The molecule has 4 heterocycles. The normalized spacial score (nSPS) is 14.5. The zero-order chi connectivity index (χ0) is 34.2. The molecule has 0 unspecified atom stereocenters. The number of hydrogen-bond acceptors (Lipinski definition) is 12. The van der Waals surface area contributed by atoms with Crippen LogP contribution in [0.4, 0.5) is 35.1 Å². The van der Waals surface area contributed by atoms with E-state index in [1.807, 2.05) is 0 Å². The van der Waals surface area contributed by atoms with Gasteiger partial charge in [-0.1, -0.05) is 12.2 Å². The van der Waals surface area contributed by atoms with Crippen LogP contribution in [0.5, 0.6) is 0 Å². The molecule has 44 heavy (non-hydrogen) atoms. The predicted octanol–water partition coefficient (Wildman–Crippen LogP) is 3.34. The fourth-order valence-corrected chi connectivity index (χ4v) is 3.02. The number of halogens is 8. The van der Waals surface area contributed by atoms with Crippen LogP contribution >= 0.6 is 0 Å². The molecule has 248 valence electrons. The molecule has 0 fully saturated rings. The Morgan fingerprint density at radius 1 is 0.659 bits per heavy atom. The molecule has 0 radical (unpaired) electrons. The highest BCUT2D eigenvalue weighted by Gasteiger charge is 2.36. The first kappa shape index (κ1) is 40.0. The van der Waals surface area contributed by atoms with E-state index in [2.05, 4.69) is 80.9 Å². The van der Waals surface area contributed by atoms with Gasteiger partial charge in [-0.25, -0.2) is 0 Å². The van der Waals surface area contributed by atoms with Crippen molar-refractivity contribution < 1.29 is 52.0 Å². The standard InChI is InChI=1S/C14H24N4.2C3HF4N3.2O2S/c1-13(2,11-7-5-9-15-11)17-18-14(3,4)12-8-6-10-16-12;2*4-2-8-1(9-10-2)3(5,6)7;2*1-3-2/h7-8,15-16H,5-6,9-10H2,1-4H3;2*(H,8,9,10);;. The van der Waals surface area contributed by atoms with E-state index in [0.29, 0.717) is 0 Å². The molecule has 0 spiro atoms. The highest BCUT2D eigenvalue weighted by atomic mass is 32.1. The number of H-pyrrole nitrogens is 2. The second kappa shape index (κ2) is 18.0. The summed E-state index contributed by atoms with van der Waals surface area (Å²) in [6.45, 7) is 10.5. The molecule has 0 bridgehead atoms. The molecule has 2 aliphatic rings. The number of aromatic amines is 2. The second-order valence-electron chi connectivity index (χ2n) is 9.02. The summed E-state index contributed by atoms with van der Waals surface area (Å²) in [5, 5.41) is 23.8. The average molecular weight is 687 g/mol. The number of rotatable bonds is 4. The van der Waals surface area contributed by atoms with Crippen molar-refractivity contribution in [1.29, 1.82) is 0 Å². The molecule has 0 aromatic carbocycles. The molecule has 2 aromatic rings. The van der Waals surface area contributed by atoms with Crippen LogP contribution in [-0.2, 0) is 35.5 Å². The largest absolute Gasteiger partial charge is 0.451 e. The van der Waals surface area contributed by atoms with Gasteiger partial charge in [0.05, 0.1) is 0 Å². The highest BCUT2D eigenvalue weighted by Crippen LogP contribution is 2.28. The van der Waals surface area contributed by atoms with Gasteiger partial charge in [0.2, 0.25) is 11.6 Å². The maximum atomic E-state index is 11.7. The van der Waals surface area contributed by atoms with Crippen LogP contribution in [0, 0.1) is 12.2 Å². The van der Waals surface area contributed by atoms with Crippen molar-refractivity contribution in [2.45, 2.75) is 64.0 Å². The Morgan fingerprint density at radius 3 is 1.11 bits per heavy atom. The van der Waals surface area contributed by atoms with Crippen molar-refractivity contribution >= 4 is 23.1 Å². The molecule has 4 rings (SSSR count). The predicted molar refractivity (Wildman–Crippen MR) is 135 cm³/mol. The Hall–Kier alpha value is -3.96. The van der Waals surface area contributed by atoms with Crippen LogP contribution in [0.25, 0.3) is 0 Å². The Bertz CT molecular complexity index is 1240. The molecule has 0 atom stereocenters. The molecular weight excluding hydrogens is 660 g/mol. The number of nitrogens with zero attached hydrogens (tertiary/aromatic N) is 6. The van der Waals surface area contributed by atoms with Gasteiger partial charge in [0, 0.05) is 24.5 Å². The van der Waals surface area contributed by atoms with Crippen LogP contribution in [-0.4, -0.2) is 71.4 Å². The third-order valence-corrected chi connectivity index (χ3v) is 4.94. The molecule has 24 heteroatoms. The number of nitrogens with one attached hydrogen (secondary N) is 4. The first-order valence-corrected chi connectivity index (χ1v) is 13.0. The molecule has 0 saturated heterocycles. The summed E-state index contributed by atoms with van der Waals surface area (Å²) in [7, 11) is 0. The lowest BCUT2D eigenvalue weighted by molar-refractivity contribution is -0.145. The van der Waals surface area contributed by atoms with Crippen LogP contribution in [0.2, 0.25) is 0 Å². The van der Waals surface area contributed by atoms with E-state index in [1.54, 1.807) is 0 Å². The molecule has 0 amide bonds. The summed E-state index contributed by atoms with van der Waals surface area (Å²) < 4.78 is 126. The molecule has 0 saturated carbocycles. The number of hydrogen-bond donors (Lipinski definition) is 4. The summed E-state index contributed by atoms with van der Waals surface area (Å²) in [6, 6.07) is 0. The second-order valence-corrected chi connectivity index (χ2v) is 9.29. The van der Waals surface area contributed by atoms with Crippen molar-refractivity contribution in [1.82, 2.24) is 41.0 Å². The minimum absolute atomic E-state index is 0.257. The number of azo groups is 1. The summed E-state index contributed by atoms with van der Waals surface area (Å²) >= 11 is -1.50. The number of alkyl halides is 6. The van der Waals surface area contributed by atoms with Crippen LogP contribution in [0.3, 0.4) is 0 Å². The van der Waals surface area contributed by atoms with Gasteiger partial charge in [0.15, 0.2) is 0 Å². The van der Waals surface area contributed by atoms with Gasteiger partial charge < -0.3 is 10.6 Å². The fourth-order valence-electron chi connectivity index (χ4n) is 3.02. The lowest BCUT2D eigenvalue weighted by atomic mass is 10.0. The van der Waals surface area contributed by atoms with Gasteiger partial charge in [-0.2, -0.15) is 72.2 Å². The maximum absolute atomic E-state index is 11.7. The van der Waals surface area contributed by atoms with Gasteiger partial charge in [0.25, 0.3) is 0 Å². The van der Waals surface area contributed by atoms with Crippen LogP contribution in [0.15, 0.2) is 33.8 Å². The smallest absolute Gasteiger partial charge is 0.386 e. The molecular formula is C20H26F8N10O4S2. The topological polar surface area (TPSA) is 200 Å². The van der Waals surface area contributed by atoms with Crippen molar-refractivity contribution in [2.24, 2.45) is 10.2 Å². The summed E-state index contributed by atoms with van der Waals surface area (Å²) in [4.78, 5) is 4.85. The van der Waals surface area contributed by atoms with Crippen LogP contribution < -0.4 is 10.6 Å². The van der Waals surface area contributed by atoms with E-state index in [0.717, 1.165) is 25.9 Å². The lowest BCUT2D eigenvalue weighted by Crippen LogP contribution is -2.31. The Morgan fingerprint density at radius 2 is 0.955 bits per heavy atom. The van der Waals surface area contributed by atoms with Crippen molar-refractivity contribution in [3.05, 3.63) is 47.4 Å². The molecule has 2 aliphatic heterocycles. The third kappa shape index (κ3) is 15.0. The highest BCUT2D eigenvalue weighted by molar-refractivity contribution is 7.51. The van der Waals surface area contributed by atoms with E-state index < -0.39 is 59.3 Å².